The van der Waals surface area contributed by atoms with Gasteiger partial charge in [-0.2, -0.15) is 0 Å². The number of furan rings is 1. The molecule has 55 heavy (non-hydrogen) atoms. The van der Waals surface area contributed by atoms with E-state index in [1.165, 1.54) is 65.6 Å². The second kappa shape index (κ2) is 11.6. The highest BCUT2D eigenvalue weighted by Gasteiger charge is 2.19. The van der Waals surface area contributed by atoms with E-state index in [9.17, 15) is 0 Å². The second-order valence-electron chi connectivity index (χ2n) is 14.5. The lowest BCUT2D eigenvalue weighted by molar-refractivity contribution is 0.666. The van der Waals surface area contributed by atoms with Crippen LogP contribution in [0.2, 0.25) is 0 Å². The van der Waals surface area contributed by atoms with Crippen LogP contribution < -0.4 is 0 Å². The van der Waals surface area contributed by atoms with E-state index in [1.807, 2.05) is 6.07 Å². The number of benzene rings is 9. The van der Waals surface area contributed by atoms with Crippen LogP contribution in [0.1, 0.15) is 0 Å². The van der Waals surface area contributed by atoms with Crippen LogP contribution in [-0.2, 0) is 0 Å². The fourth-order valence-corrected chi connectivity index (χ4v) is 8.94. The Morgan fingerprint density at radius 1 is 0.309 bits per heavy atom. The first-order valence-electron chi connectivity index (χ1n) is 18.8. The molecule has 0 aliphatic rings. The largest absolute Gasteiger partial charge is 0.454 e. The number of aromatic nitrogens is 2. The predicted octanol–water partition coefficient (Wildman–Crippen LogP) is 14.3. The van der Waals surface area contributed by atoms with Crippen molar-refractivity contribution in [2.45, 2.75) is 0 Å². The van der Waals surface area contributed by atoms with Crippen LogP contribution in [-0.4, -0.2) is 9.13 Å². The average Bonchev–Trinajstić information content (AvgIpc) is 3.91. The Hall–Kier alpha value is -7.36. The molecule has 0 saturated carbocycles. The molecule has 3 nitrogen and oxygen atoms in total. The van der Waals surface area contributed by atoms with Gasteiger partial charge in [0, 0.05) is 38.0 Å². The molecule has 0 unspecified atom stereocenters. The number of rotatable bonds is 4. The highest BCUT2D eigenvalue weighted by atomic mass is 16.3. The van der Waals surface area contributed by atoms with Crippen molar-refractivity contribution in [2.75, 3.05) is 0 Å². The van der Waals surface area contributed by atoms with Gasteiger partial charge >= 0.3 is 0 Å². The second-order valence-corrected chi connectivity index (χ2v) is 14.5. The molecule has 0 saturated heterocycles. The fraction of sp³-hybridized carbons (Fsp3) is 0. The summed E-state index contributed by atoms with van der Waals surface area (Å²) < 4.78 is 11.3. The maximum absolute atomic E-state index is 6.54. The Bertz CT molecular complexity index is 3500. The maximum atomic E-state index is 6.54. The summed E-state index contributed by atoms with van der Waals surface area (Å²) in [5.41, 5.74) is 13.5. The Morgan fingerprint density at radius 3 is 1.80 bits per heavy atom. The van der Waals surface area contributed by atoms with Gasteiger partial charge in [-0.05, 0) is 93.7 Å². The molecule has 3 heteroatoms. The molecule has 256 valence electrons. The topological polar surface area (TPSA) is 23.0 Å². The average molecular weight is 701 g/mol. The van der Waals surface area contributed by atoms with Crippen molar-refractivity contribution in [1.29, 1.82) is 0 Å². The quantitative estimate of drug-likeness (QED) is 0.179. The van der Waals surface area contributed by atoms with Gasteiger partial charge in [0.25, 0.3) is 0 Å². The number of para-hydroxylation sites is 4. The maximum Gasteiger partial charge on any atom is 0.159 e. The third-order valence-electron chi connectivity index (χ3n) is 11.5. The molecule has 0 aliphatic carbocycles. The molecule has 9 aromatic carbocycles. The third kappa shape index (κ3) is 4.50. The third-order valence-corrected chi connectivity index (χ3v) is 11.5. The van der Waals surface area contributed by atoms with Gasteiger partial charge in [-0.25, -0.2) is 0 Å². The van der Waals surface area contributed by atoms with Gasteiger partial charge in [0.2, 0.25) is 0 Å². The summed E-state index contributed by atoms with van der Waals surface area (Å²) in [4.78, 5) is 0. The first-order chi connectivity index (χ1) is 27.3. The van der Waals surface area contributed by atoms with Gasteiger partial charge < -0.3 is 13.6 Å². The van der Waals surface area contributed by atoms with Crippen LogP contribution in [0, 0.1) is 0 Å². The number of hydrogen-bond acceptors (Lipinski definition) is 1. The van der Waals surface area contributed by atoms with Crippen LogP contribution in [0.3, 0.4) is 0 Å². The summed E-state index contributed by atoms with van der Waals surface area (Å²) in [7, 11) is 0. The molecule has 0 bridgehead atoms. The number of fused-ring (bicyclic) bond motifs is 10. The predicted molar refractivity (Wildman–Crippen MR) is 231 cm³/mol. The Morgan fingerprint density at radius 2 is 0.909 bits per heavy atom. The summed E-state index contributed by atoms with van der Waals surface area (Å²) >= 11 is 0. The lowest BCUT2D eigenvalue weighted by Crippen LogP contribution is -1.95. The van der Waals surface area contributed by atoms with E-state index >= 15 is 0 Å². The van der Waals surface area contributed by atoms with Crippen LogP contribution >= 0.6 is 0 Å². The van der Waals surface area contributed by atoms with Crippen LogP contribution in [0.25, 0.3) is 110 Å². The fourth-order valence-electron chi connectivity index (χ4n) is 8.94. The van der Waals surface area contributed by atoms with Crippen LogP contribution in [0.15, 0.2) is 199 Å². The van der Waals surface area contributed by atoms with E-state index in [0.29, 0.717) is 0 Å². The van der Waals surface area contributed by atoms with E-state index in [0.717, 1.165) is 44.3 Å². The van der Waals surface area contributed by atoms with Crippen molar-refractivity contribution >= 4 is 76.3 Å². The molecule has 0 spiro atoms. The van der Waals surface area contributed by atoms with Crippen molar-refractivity contribution in [1.82, 2.24) is 9.13 Å². The number of nitrogens with zero attached hydrogens (tertiary/aromatic N) is 2. The van der Waals surface area contributed by atoms with Gasteiger partial charge in [0.15, 0.2) is 5.58 Å². The normalized spacial score (nSPS) is 12.0. The highest BCUT2D eigenvalue weighted by Crippen LogP contribution is 2.41. The lowest BCUT2D eigenvalue weighted by Gasteiger charge is -2.12. The molecule has 0 fully saturated rings. The van der Waals surface area contributed by atoms with Gasteiger partial charge in [-0.1, -0.05) is 133 Å². The Kier molecular flexibility index (Phi) is 6.34. The minimum Gasteiger partial charge on any atom is -0.454 e. The van der Waals surface area contributed by atoms with Gasteiger partial charge in [-0.3, -0.25) is 0 Å². The molecular formula is C52H32N2O. The monoisotopic (exact) mass is 700 g/mol. The summed E-state index contributed by atoms with van der Waals surface area (Å²) in [6, 6.07) is 70.4. The zero-order chi connectivity index (χ0) is 36.0. The smallest absolute Gasteiger partial charge is 0.159 e. The van der Waals surface area contributed by atoms with Crippen molar-refractivity contribution in [3.05, 3.63) is 194 Å². The summed E-state index contributed by atoms with van der Waals surface area (Å²) in [5.74, 6) is 0. The first kappa shape index (κ1) is 30.1. The molecule has 3 aromatic heterocycles. The van der Waals surface area contributed by atoms with Crippen LogP contribution in [0.5, 0.6) is 0 Å². The van der Waals surface area contributed by atoms with Gasteiger partial charge in [-0.15, -0.1) is 0 Å². The van der Waals surface area contributed by atoms with Crippen molar-refractivity contribution < 1.29 is 4.42 Å². The molecule has 0 atom stereocenters. The van der Waals surface area contributed by atoms with Crippen LogP contribution in [0.4, 0.5) is 0 Å². The van der Waals surface area contributed by atoms with Crippen molar-refractivity contribution in [3.63, 3.8) is 0 Å². The molecule has 0 radical (unpaired) electrons. The van der Waals surface area contributed by atoms with E-state index in [1.54, 1.807) is 0 Å². The van der Waals surface area contributed by atoms with Crippen molar-refractivity contribution in [2.24, 2.45) is 0 Å². The highest BCUT2D eigenvalue weighted by molar-refractivity contribution is 6.14. The molecule has 0 aliphatic heterocycles. The molecular weight excluding hydrogens is 669 g/mol. The molecule has 3 heterocycles. The minimum atomic E-state index is 0.901. The van der Waals surface area contributed by atoms with Crippen molar-refractivity contribution in [3.8, 4) is 33.6 Å². The lowest BCUT2D eigenvalue weighted by atomic mass is 10.0. The summed E-state index contributed by atoms with van der Waals surface area (Å²) in [6.07, 6.45) is 0. The van der Waals surface area contributed by atoms with Gasteiger partial charge in [0.05, 0.1) is 27.8 Å². The molecule has 12 aromatic rings. The minimum absolute atomic E-state index is 0.901. The standard InChI is InChI=1S/C52H32N2O/c1-2-12-34-29-36(24-23-33(34)11-1)35-13-9-14-39(30-35)53-46-19-6-3-15-40(46)42-27-25-38(32-50(42)53)37-26-28-48-45(31-37)41-16-4-7-20-47(41)54(48)49-21-10-18-44-43-17-5-8-22-51(43)55-52(44)49/h1-32H. The number of hydrogen-bond donors (Lipinski definition) is 0. The Labute approximate surface area is 316 Å². The SMILES string of the molecule is c1cc(-c2ccc3ccccc3c2)cc(-n2c3ccccc3c3ccc(-c4ccc5c(c4)c4ccccc4n5-c4cccc5c4oc4ccccc45)cc32)c1. The van der Waals surface area contributed by atoms with E-state index in [4.69, 9.17) is 4.42 Å². The van der Waals surface area contributed by atoms with E-state index in [-0.39, 0.29) is 0 Å². The molecule has 0 amide bonds. The summed E-state index contributed by atoms with van der Waals surface area (Å²) in [5, 5.41) is 9.68. The molecule has 0 N–H and O–H groups in total. The van der Waals surface area contributed by atoms with Gasteiger partial charge in [0.1, 0.15) is 5.58 Å². The Balaban J connectivity index is 1.04. The zero-order valence-electron chi connectivity index (χ0n) is 29.8. The zero-order valence-corrected chi connectivity index (χ0v) is 29.8. The van der Waals surface area contributed by atoms with E-state index < -0.39 is 0 Å². The molecule has 12 rings (SSSR count). The van der Waals surface area contributed by atoms with E-state index in [2.05, 4.69) is 197 Å². The summed E-state index contributed by atoms with van der Waals surface area (Å²) in [6.45, 7) is 0. The first-order valence-corrected chi connectivity index (χ1v) is 18.8.